The molecule has 0 saturated carbocycles. The van der Waals surface area contributed by atoms with Crippen LogP contribution in [0.25, 0.3) is 0 Å². The quantitative estimate of drug-likeness (QED) is 0.781. The van der Waals surface area contributed by atoms with E-state index in [2.05, 4.69) is 18.3 Å². The van der Waals surface area contributed by atoms with Crippen molar-refractivity contribution in [1.29, 1.82) is 0 Å². The van der Waals surface area contributed by atoms with Gasteiger partial charge in [0.05, 0.1) is 7.11 Å². The third-order valence-corrected chi connectivity index (χ3v) is 3.08. The van der Waals surface area contributed by atoms with Crippen molar-refractivity contribution in [3.63, 3.8) is 0 Å². The highest BCUT2D eigenvalue weighted by Gasteiger charge is 2.13. The summed E-state index contributed by atoms with van der Waals surface area (Å²) in [6, 6.07) is 6.08. The van der Waals surface area contributed by atoms with Crippen LogP contribution in [0.15, 0.2) is 18.2 Å². The number of aliphatic carboxylic acids is 1. The molecule has 0 fully saturated rings. The molecule has 0 aliphatic rings. The lowest BCUT2D eigenvalue weighted by molar-refractivity contribution is -0.137. The number of carbonyl (C=O) groups is 1. The summed E-state index contributed by atoms with van der Waals surface area (Å²) in [6.45, 7) is 2.08. The van der Waals surface area contributed by atoms with E-state index in [9.17, 15) is 4.79 Å². The summed E-state index contributed by atoms with van der Waals surface area (Å²) in [5.74, 6) is 0.119. The molecule has 0 saturated heterocycles. The van der Waals surface area contributed by atoms with E-state index in [1.54, 1.807) is 7.11 Å². The standard InChI is InChI=1S/C14H21NO3/c1-4-10-9-11(5-7-13(10)18-3)12(15-2)6-8-14(16)17/h5,7,9,12,15H,4,6,8H2,1-3H3,(H,16,17). The summed E-state index contributed by atoms with van der Waals surface area (Å²) in [6.07, 6.45) is 1.65. The van der Waals surface area contributed by atoms with Gasteiger partial charge < -0.3 is 15.2 Å². The van der Waals surface area contributed by atoms with Crippen LogP contribution in [0.4, 0.5) is 0 Å². The summed E-state index contributed by atoms with van der Waals surface area (Å²) >= 11 is 0. The number of hydrogen-bond acceptors (Lipinski definition) is 3. The fourth-order valence-corrected chi connectivity index (χ4v) is 2.04. The van der Waals surface area contributed by atoms with Crippen LogP contribution in [0.2, 0.25) is 0 Å². The Labute approximate surface area is 108 Å². The maximum atomic E-state index is 10.6. The Bertz CT molecular complexity index is 404. The Morgan fingerprint density at radius 2 is 2.22 bits per heavy atom. The summed E-state index contributed by atoms with van der Waals surface area (Å²) in [4.78, 5) is 10.6. The van der Waals surface area contributed by atoms with E-state index in [1.807, 2.05) is 19.2 Å². The smallest absolute Gasteiger partial charge is 0.303 e. The lowest BCUT2D eigenvalue weighted by Gasteiger charge is -2.17. The second-order valence-corrected chi connectivity index (χ2v) is 4.20. The van der Waals surface area contributed by atoms with Crippen LogP contribution in [0.3, 0.4) is 0 Å². The van der Waals surface area contributed by atoms with Crippen molar-refractivity contribution in [2.24, 2.45) is 0 Å². The number of methoxy groups -OCH3 is 1. The van der Waals surface area contributed by atoms with Gasteiger partial charge in [-0.1, -0.05) is 19.1 Å². The van der Waals surface area contributed by atoms with Gasteiger partial charge in [-0.25, -0.2) is 0 Å². The molecule has 1 atom stereocenters. The van der Waals surface area contributed by atoms with Crippen molar-refractivity contribution >= 4 is 5.97 Å². The van der Waals surface area contributed by atoms with Gasteiger partial charge in [-0.2, -0.15) is 0 Å². The largest absolute Gasteiger partial charge is 0.496 e. The van der Waals surface area contributed by atoms with Crippen molar-refractivity contribution in [1.82, 2.24) is 5.32 Å². The van der Waals surface area contributed by atoms with E-state index in [0.717, 1.165) is 23.3 Å². The number of carboxylic acid groups (broad SMARTS) is 1. The van der Waals surface area contributed by atoms with Crippen molar-refractivity contribution in [3.05, 3.63) is 29.3 Å². The molecule has 0 amide bonds. The molecule has 0 aliphatic heterocycles. The van der Waals surface area contributed by atoms with Crippen LogP contribution in [-0.4, -0.2) is 25.2 Å². The van der Waals surface area contributed by atoms with Gasteiger partial charge in [0.2, 0.25) is 0 Å². The maximum Gasteiger partial charge on any atom is 0.303 e. The van der Waals surface area contributed by atoms with Gasteiger partial charge in [0.1, 0.15) is 5.75 Å². The molecular weight excluding hydrogens is 230 g/mol. The minimum absolute atomic E-state index is 0.0670. The minimum atomic E-state index is -0.764. The van der Waals surface area contributed by atoms with Crippen molar-refractivity contribution in [3.8, 4) is 5.75 Å². The normalized spacial score (nSPS) is 12.2. The SMILES string of the molecule is CCc1cc(C(CCC(=O)O)NC)ccc1OC. The molecule has 1 unspecified atom stereocenters. The number of benzene rings is 1. The molecule has 0 heterocycles. The number of ether oxygens (including phenoxy) is 1. The Morgan fingerprint density at radius 1 is 1.50 bits per heavy atom. The number of nitrogens with one attached hydrogen (secondary N) is 1. The van der Waals surface area contributed by atoms with E-state index in [0.29, 0.717) is 6.42 Å². The van der Waals surface area contributed by atoms with Gasteiger partial charge in [0.15, 0.2) is 0 Å². The first kappa shape index (κ1) is 14.5. The molecule has 0 radical (unpaired) electrons. The molecule has 0 spiro atoms. The van der Waals surface area contributed by atoms with E-state index < -0.39 is 5.97 Å². The third kappa shape index (κ3) is 3.74. The van der Waals surface area contributed by atoms with Crippen LogP contribution in [-0.2, 0) is 11.2 Å². The molecule has 100 valence electrons. The van der Waals surface area contributed by atoms with Crippen LogP contribution in [0.5, 0.6) is 5.75 Å². The second kappa shape index (κ2) is 7.01. The summed E-state index contributed by atoms with van der Waals surface area (Å²) in [7, 11) is 3.51. The number of aryl methyl sites for hydroxylation is 1. The molecule has 1 aromatic carbocycles. The average molecular weight is 251 g/mol. The number of hydrogen-bond donors (Lipinski definition) is 2. The van der Waals surface area contributed by atoms with Gasteiger partial charge in [-0.15, -0.1) is 0 Å². The lowest BCUT2D eigenvalue weighted by atomic mass is 9.98. The van der Waals surface area contributed by atoms with Gasteiger partial charge in [0.25, 0.3) is 0 Å². The van der Waals surface area contributed by atoms with Crippen LogP contribution in [0, 0.1) is 0 Å². The molecule has 0 bridgehead atoms. The summed E-state index contributed by atoms with van der Waals surface area (Å²) < 4.78 is 5.29. The lowest BCUT2D eigenvalue weighted by Crippen LogP contribution is -2.17. The first-order chi connectivity index (χ1) is 8.62. The van der Waals surface area contributed by atoms with Crippen molar-refractivity contribution in [2.75, 3.05) is 14.2 Å². The fourth-order valence-electron chi connectivity index (χ4n) is 2.04. The Kier molecular flexibility index (Phi) is 5.65. The third-order valence-electron chi connectivity index (χ3n) is 3.08. The predicted octanol–water partition coefficient (Wildman–Crippen LogP) is 2.38. The highest BCUT2D eigenvalue weighted by molar-refractivity contribution is 5.66. The molecule has 0 aliphatic carbocycles. The molecule has 1 rings (SSSR count). The van der Waals surface area contributed by atoms with Crippen molar-refractivity contribution in [2.45, 2.75) is 32.2 Å². The van der Waals surface area contributed by atoms with Gasteiger partial charge in [0, 0.05) is 12.5 Å². The molecule has 1 aromatic rings. The highest BCUT2D eigenvalue weighted by atomic mass is 16.5. The second-order valence-electron chi connectivity index (χ2n) is 4.20. The topological polar surface area (TPSA) is 58.6 Å². The molecule has 0 aromatic heterocycles. The summed E-state index contributed by atoms with van der Waals surface area (Å²) in [5.41, 5.74) is 2.25. The Balaban J connectivity index is 2.88. The first-order valence-electron chi connectivity index (χ1n) is 6.18. The molecule has 4 nitrogen and oxygen atoms in total. The Morgan fingerprint density at radius 3 is 2.72 bits per heavy atom. The van der Waals surface area contributed by atoms with Gasteiger partial charge in [-0.05, 0) is 37.1 Å². The first-order valence-corrected chi connectivity index (χ1v) is 6.18. The van der Waals surface area contributed by atoms with Gasteiger partial charge >= 0.3 is 5.97 Å². The minimum Gasteiger partial charge on any atom is -0.496 e. The van der Waals surface area contributed by atoms with E-state index >= 15 is 0 Å². The van der Waals surface area contributed by atoms with E-state index in [-0.39, 0.29) is 12.5 Å². The Hall–Kier alpha value is -1.55. The van der Waals surface area contributed by atoms with Crippen molar-refractivity contribution < 1.29 is 14.6 Å². The average Bonchev–Trinajstić information content (AvgIpc) is 2.38. The molecule has 2 N–H and O–H groups in total. The zero-order chi connectivity index (χ0) is 13.5. The number of carboxylic acids is 1. The maximum absolute atomic E-state index is 10.6. The van der Waals surface area contributed by atoms with E-state index in [4.69, 9.17) is 9.84 Å². The number of rotatable bonds is 7. The van der Waals surface area contributed by atoms with Crippen LogP contribution >= 0.6 is 0 Å². The predicted molar refractivity (Wildman–Crippen MR) is 71.0 cm³/mol. The van der Waals surface area contributed by atoms with E-state index in [1.165, 1.54) is 0 Å². The summed E-state index contributed by atoms with van der Waals surface area (Å²) in [5, 5.41) is 11.9. The molecule has 4 heteroatoms. The van der Waals surface area contributed by atoms with Crippen LogP contribution < -0.4 is 10.1 Å². The highest BCUT2D eigenvalue weighted by Crippen LogP contribution is 2.25. The fraction of sp³-hybridized carbons (Fsp3) is 0.500. The zero-order valence-electron chi connectivity index (χ0n) is 11.2. The molecule has 18 heavy (non-hydrogen) atoms. The monoisotopic (exact) mass is 251 g/mol. The molecular formula is C14H21NO3. The van der Waals surface area contributed by atoms with Gasteiger partial charge in [-0.3, -0.25) is 4.79 Å². The van der Waals surface area contributed by atoms with Crippen LogP contribution in [0.1, 0.15) is 36.9 Å². The zero-order valence-corrected chi connectivity index (χ0v) is 11.2.